The van der Waals surface area contributed by atoms with Gasteiger partial charge in [0.15, 0.2) is 11.5 Å². The highest BCUT2D eigenvalue weighted by atomic mass is 16.3. The van der Waals surface area contributed by atoms with Crippen molar-refractivity contribution in [3.05, 3.63) is 54.4 Å². The Morgan fingerprint density at radius 1 is 1.14 bits per heavy atom. The quantitative estimate of drug-likeness (QED) is 0.753. The molecule has 1 aromatic carbocycles. The lowest BCUT2D eigenvalue weighted by molar-refractivity contribution is 0.440. The first-order valence-electron chi connectivity index (χ1n) is 7.21. The van der Waals surface area contributed by atoms with Gasteiger partial charge in [-0.3, -0.25) is 0 Å². The van der Waals surface area contributed by atoms with Crippen LogP contribution in [0.25, 0.3) is 11.1 Å². The molecule has 108 valence electrons. The standard InChI is InChI=1S/C16H18N4O/c1-2-8-17-13(16-18-9-5-10-19-16)11-15-20-12-6-3-4-7-14(12)21-15/h3-7,9-10,13,17H,2,8,11H2,1H3. The Balaban J connectivity index is 1.83. The summed E-state index contributed by atoms with van der Waals surface area (Å²) >= 11 is 0. The SMILES string of the molecule is CCCNC(Cc1nc2ccccc2o1)c1ncccn1. The summed E-state index contributed by atoms with van der Waals surface area (Å²) < 4.78 is 5.79. The molecular formula is C16H18N4O. The maximum Gasteiger partial charge on any atom is 0.197 e. The molecule has 0 radical (unpaired) electrons. The fourth-order valence-electron chi connectivity index (χ4n) is 2.25. The molecule has 0 spiro atoms. The summed E-state index contributed by atoms with van der Waals surface area (Å²) in [5.41, 5.74) is 1.70. The number of nitrogens with zero attached hydrogens (tertiary/aromatic N) is 3. The van der Waals surface area contributed by atoms with Gasteiger partial charge in [0.05, 0.1) is 6.04 Å². The number of para-hydroxylation sites is 2. The highest BCUT2D eigenvalue weighted by molar-refractivity contribution is 5.72. The second-order valence-corrected chi connectivity index (χ2v) is 4.89. The van der Waals surface area contributed by atoms with E-state index in [4.69, 9.17) is 4.42 Å². The smallest absolute Gasteiger partial charge is 0.197 e. The summed E-state index contributed by atoms with van der Waals surface area (Å²) in [6.07, 6.45) is 5.21. The average Bonchev–Trinajstić information content (AvgIpc) is 2.94. The first-order chi connectivity index (χ1) is 10.4. The molecule has 0 aliphatic heterocycles. The van der Waals surface area contributed by atoms with Crippen LogP contribution in [0.5, 0.6) is 0 Å². The van der Waals surface area contributed by atoms with Gasteiger partial charge in [-0.2, -0.15) is 0 Å². The van der Waals surface area contributed by atoms with Crippen molar-refractivity contribution in [3.8, 4) is 0 Å². The summed E-state index contributed by atoms with van der Waals surface area (Å²) in [5, 5.41) is 3.45. The fourth-order valence-corrected chi connectivity index (χ4v) is 2.25. The Labute approximate surface area is 123 Å². The zero-order valence-corrected chi connectivity index (χ0v) is 12.0. The van der Waals surface area contributed by atoms with Gasteiger partial charge in [-0.1, -0.05) is 19.1 Å². The molecule has 0 saturated heterocycles. The summed E-state index contributed by atoms with van der Waals surface area (Å²) in [4.78, 5) is 13.2. The van der Waals surface area contributed by atoms with Crippen LogP contribution in [0.15, 0.2) is 47.1 Å². The molecule has 3 rings (SSSR count). The second-order valence-electron chi connectivity index (χ2n) is 4.89. The largest absolute Gasteiger partial charge is 0.441 e. The Bertz CT molecular complexity index is 663. The van der Waals surface area contributed by atoms with Crippen molar-refractivity contribution in [2.75, 3.05) is 6.54 Å². The number of hydrogen-bond acceptors (Lipinski definition) is 5. The third-order valence-corrected chi connectivity index (χ3v) is 3.26. The van der Waals surface area contributed by atoms with E-state index in [0.29, 0.717) is 12.3 Å². The number of hydrogen-bond donors (Lipinski definition) is 1. The Morgan fingerprint density at radius 2 is 1.95 bits per heavy atom. The average molecular weight is 282 g/mol. The summed E-state index contributed by atoms with van der Waals surface area (Å²) in [7, 11) is 0. The highest BCUT2D eigenvalue weighted by Gasteiger charge is 2.17. The first-order valence-corrected chi connectivity index (χ1v) is 7.21. The van der Waals surface area contributed by atoms with Crippen LogP contribution in [0.4, 0.5) is 0 Å². The van der Waals surface area contributed by atoms with Gasteiger partial charge in [0, 0.05) is 18.8 Å². The molecule has 0 fully saturated rings. The van der Waals surface area contributed by atoms with E-state index in [1.807, 2.05) is 30.3 Å². The molecule has 5 heteroatoms. The van der Waals surface area contributed by atoms with Crippen molar-refractivity contribution in [1.29, 1.82) is 0 Å². The maximum absolute atomic E-state index is 5.79. The van der Waals surface area contributed by atoms with Crippen LogP contribution in [-0.4, -0.2) is 21.5 Å². The summed E-state index contributed by atoms with van der Waals surface area (Å²) in [5.74, 6) is 1.48. The van der Waals surface area contributed by atoms with Gasteiger partial charge in [-0.25, -0.2) is 15.0 Å². The van der Waals surface area contributed by atoms with Crippen LogP contribution in [0, 0.1) is 0 Å². The minimum absolute atomic E-state index is 0.0132. The van der Waals surface area contributed by atoms with Crippen molar-refractivity contribution in [3.63, 3.8) is 0 Å². The van der Waals surface area contributed by atoms with Crippen molar-refractivity contribution in [2.45, 2.75) is 25.8 Å². The zero-order chi connectivity index (χ0) is 14.5. The molecule has 1 atom stereocenters. The first kappa shape index (κ1) is 13.7. The summed E-state index contributed by atoms with van der Waals surface area (Å²) in [6.45, 7) is 3.04. The van der Waals surface area contributed by atoms with E-state index in [1.165, 1.54) is 0 Å². The number of fused-ring (bicyclic) bond motifs is 1. The van der Waals surface area contributed by atoms with Crippen molar-refractivity contribution >= 4 is 11.1 Å². The van der Waals surface area contributed by atoms with E-state index in [2.05, 4.69) is 27.2 Å². The molecular weight excluding hydrogens is 264 g/mol. The van der Waals surface area contributed by atoms with E-state index < -0.39 is 0 Å². The van der Waals surface area contributed by atoms with E-state index in [1.54, 1.807) is 12.4 Å². The lowest BCUT2D eigenvalue weighted by Gasteiger charge is -2.14. The van der Waals surface area contributed by atoms with Crippen LogP contribution < -0.4 is 5.32 Å². The molecule has 0 saturated carbocycles. The molecule has 0 bridgehead atoms. The van der Waals surface area contributed by atoms with Gasteiger partial charge in [0.25, 0.3) is 0 Å². The van der Waals surface area contributed by atoms with E-state index in [-0.39, 0.29) is 6.04 Å². The molecule has 5 nitrogen and oxygen atoms in total. The molecule has 0 amide bonds. The normalized spacial score (nSPS) is 12.6. The Kier molecular flexibility index (Phi) is 4.21. The second kappa shape index (κ2) is 6.45. The third-order valence-electron chi connectivity index (χ3n) is 3.26. The predicted octanol–water partition coefficient (Wildman–Crippen LogP) is 2.90. The number of rotatable bonds is 6. The number of nitrogens with one attached hydrogen (secondary N) is 1. The van der Waals surface area contributed by atoms with E-state index in [0.717, 1.165) is 29.9 Å². The monoisotopic (exact) mass is 282 g/mol. The van der Waals surface area contributed by atoms with Gasteiger partial charge < -0.3 is 9.73 Å². The molecule has 21 heavy (non-hydrogen) atoms. The van der Waals surface area contributed by atoms with Crippen LogP contribution in [-0.2, 0) is 6.42 Å². The van der Waals surface area contributed by atoms with E-state index >= 15 is 0 Å². The lowest BCUT2D eigenvalue weighted by Crippen LogP contribution is -2.26. The fraction of sp³-hybridized carbons (Fsp3) is 0.312. The summed E-state index contributed by atoms with van der Waals surface area (Å²) in [6, 6.07) is 9.63. The Hall–Kier alpha value is -2.27. The van der Waals surface area contributed by atoms with Crippen LogP contribution in [0.2, 0.25) is 0 Å². The van der Waals surface area contributed by atoms with Crippen LogP contribution in [0.1, 0.15) is 31.1 Å². The number of oxazole rings is 1. The number of benzene rings is 1. The highest BCUT2D eigenvalue weighted by Crippen LogP contribution is 2.19. The predicted molar refractivity (Wildman–Crippen MR) is 80.8 cm³/mol. The maximum atomic E-state index is 5.79. The van der Waals surface area contributed by atoms with E-state index in [9.17, 15) is 0 Å². The Morgan fingerprint density at radius 3 is 2.71 bits per heavy atom. The molecule has 2 aromatic heterocycles. The molecule has 3 aromatic rings. The lowest BCUT2D eigenvalue weighted by atomic mass is 10.2. The van der Waals surface area contributed by atoms with Crippen LogP contribution >= 0.6 is 0 Å². The zero-order valence-electron chi connectivity index (χ0n) is 12.0. The van der Waals surface area contributed by atoms with Gasteiger partial charge in [-0.05, 0) is 31.2 Å². The molecule has 2 heterocycles. The molecule has 0 aliphatic rings. The van der Waals surface area contributed by atoms with Gasteiger partial charge >= 0.3 is 0 Å². The molecule has 1 N–H and O–H groups in total. The minimum atomic E-state index is 0.0132. The van der Waals surface area contributed by atoms with Gasteiger partial charge in [0.1, 0.15) is 11.3 Å². The van der Waals surface area contributed by atoms with Crippen molar-refractivity contribution in [2.24, 2.45) is 0 Å². The van der Waals surface area contributed by atoms with Gasteiger partial charge in [0.2, 0.25) is 0 Å². The number of aromatic nitrogens is 3. The van der Waals surface area contributed by atoms with Gasteiger partial charge in [-0.15, -0.1) is 0 Å². The molecule has 1 unspecified atom stereocenters. The van der Waals surface area contributed by atoms with Crippen molar-refractivity contribution in [1.82, 2.24) is 20.3 Å². The van der Waals surface area contributed by atoms with Crippen molar-refractivity contribution < 1.29 is 4.42 Å². The minimum Gasteiger partial charge on any atom is -0.441 e. The van der Waals surface area contributed by atoms with Crippen LogP contribution in [0.3, 0.4) is 0 Å². The molecule has 0 aliphatic carbocycles. The third kappa shape index (κ3) is 3.25. The topological polar surface area (TPSA) is 63.8 Å².